The molecule has 1 aromatic carbocycles. The Bertz CT molecular complexity index is 661. The highest BCUT2D eigenvalue weighted by atomic mass is 79.9. The Labute approximate surface area is 97.7 Å². The second kappa shape index (κ2) is 3.53. The SMILES string of the molecule is Cn1c(=S)[nH]c2cc(F)c(Br)cc2c1=O. The first-order chi connectivity index (χ1) is 7.00. The molecule has 0 saturated heterocycles. The minimum Gasteiger partial charge on any atom is -0.331 e. The zero-order valence-corrected chi connectivity index (χ0v) is 10.1. The van der Waals surface area contributed by atoms with Crippen molar-refractivity contribution >= 4 is 39.1 Å². The molecule has 0 atom stereocenters. The predicted molar refractivity (Wildman–Crippen MR) is 62.0 cm³/mol. The van der Waals surface area contributed by atoms with Gasteiger partial charge in [-0.15, -0.1) is 0 Å². The third kappa shape index (κ3) is 1.63. The summed E-state index contributed by atoms with van der Waals surface area (Å²) in [5.41, 5.74) is 0.165. The minimum absolute atomic E-state index is 0.241. The molecule has 0 fully saturated rings. The molecule has 0 aliphatic rings. The van der Waals surface area contributed by atoms with E-state index in [0.717, 1.165) is 0 Å². The second-order valence-electron chi connectivity index (χ2n) is 3.11. The summed E-state index contributed by atoms with van der Waals surface area (Å²) in [5.74, 6) is -0.429. The average molecular weight is 289 g/mol. The van der Waals surface area contributed by atoms with Gasteiger partial charge in [-0.05, 0) is 40.3 Å². The summed E-state index contributed by atoms with van der Waals surface area (Å²) in [6, 6.07) is 2.69. The van der Waals surface area contributed by atoms with E-state index in [1.165, 1.54) is 16.7 Å². The number of H-pyrrole nitrogens is 1. The van der Waals surface area contributed by atoms with Crippen LogP contribution in [-0.4, -0.2) is 9.55 Å². The Morgan fingerprint density at radius 3 is 2.87 bits per heavy atom. The number of nitrogens with zero attached hydrogens (tertiary/aromatic N) is 1. The van der Waals surface area contributed by atoms with Crippen LogP contribution >= 0.6 is 28.1 Å². The van der Waals surface area contributed by atoms with Crippen LogP contribution in [-0.2, 0) is 7.05 Å². The van der Waals surface area contributed by atoms with Crippen molar-refractivity contribution < 1.29 is 4.39 Å². The Morgan fingerprint density at radius 2 is 2.20 bits per heavy atom. The molecule has 0 spiro atoms. The maximum atomic E-state index is 13.2. The largest absolute Gasteiger partial charge is 0.331 e. The number of fused-ring (bicyclic) bond motifs is 1. The molecule has 15 heavy (non-hydrogen) atoms. The van der Waals surface area contributed by atoms with Crippen molar-refractivity contribution in [1.29, 1.82) is 0 Å². The molecule has 6 heteroatoms. The molecule has 2 rings (SSSR count). The lowest BCUT2D eigenvalue weighted by Gasteiger charge is -2.03. The topological polar surface area (TPSA) is 37.8 Å². The van der Waals surface area contributed by atoms with Gasteiger partial charge < -0.3 is 4.98 Å². The lowest BCUT2D eigenvalue weighted by molar-refractivity contribution is 0.622. The van der Waals surface area contributed by atoms with Crippen LogP contribution in [0.5, 0.6) is 0 Å². The van der Waals surface area contributed by atoms with Gasteiger partial charge in [0.2, 0.25) is 0 Å². The lowest BCUT2D eigenvalue weighted by atomic mass is 10.2. The summed E-state index contributed by atoms with van der Waals surface area (Å²) in [5, 5.41) is 0.402. The van der Waals surface area contributed by atoms with Crippen molar-refractivity contribution in [2.45, 2.75) is 0 Å². The standard InChI is InChI=1S/C9H6BrFN2OS/c1-13-8(14)4-2-5(10)6(11)3-7(4)12-9(13)15/h2-3H,1H3,(H,12,15). The van der Waals surface area contributed by atoms with Crippen molar-refractivity contribution in [3.05, 3.63) is 37.5 Å². The Morgan fingerprint density at radius 1 is 1.53 bits per heavy atom. The number of aromatic nitrogens is 2. The Kier molecular flexibility index (Phi) is 2.47. The van der Waals surface area contributed by atoms with Gasteiger partial charge in [0.1, 0.15) is 5.82 Å². The molecule has 1 aromatic heterocycles. The normalized spacial score (nSPS) is 10.9. The maximum absolute atomic E-state index is 13.2. The molecule has 1 heterocycles. The fourth-order valence-corrected chi connectivity index (χ4v) is 1.84. The van der Waals surface area contributed by atoms with Crippen LogP contribution in [0.15, 0.2) is 21.4 Å². The first kappa shape index (κ1) is 10.5. The molecular weight excluding hydrogens is 283 g/mol. The van der Waals surface area contributed by atoms with Crippen LogP contribution in [0.1, 0.15) is 0 Å². The van der Waals surface area contributed by atoms with E-state index in [0.29, 0.717) is 10.9 Å². The van der Waals surface area contributed by atoms with E-state index in [2.05, 4.69) is 20.9 Å². The summed E-state index contributed by atoms with van der Waals surface area (Å²) < 4.78 is 15.0. The van der Waals surface area contributed by atoms with Gasteiger partial charge >= 0.3 is 0 Å². The van der Waals surface area contributed by atoms with Crippen LogP contribution in [0.2, 0.25) is 0 Å². The van der Waals surface area contributed by atoms with Gasteiger partial charge in [-0.3, -0.25) is 9.36 Å². The maximum Gasteiger partial charge on any atom is 0.261 e. The number of hydrogen-bond donors (Lipinski definition) is 1. The molecule has 1 N–H and O–H groups in total. The van der Waals surface area contributed by atoms with Gasteiger partial charge in [-0.25, -0.2) is 4.39 Å². The third-order valence-corrected chi connectivity index (χ3v) is 3.13. The molecule has 0 unspecified atom stereocenters. The summed E-state index contributed by atoms with van der Waals surface area (Å²) >= 11 is 7.95. The highest BCUT2D eigenvalue weighted by Gasteiger charge is 2.07. The number of nitrogens with one attached hydrogen (secondary N) is 1. The number of hydrogen-bond acceptors (Lipinski definition) is 2. The average Bonchev–Trinajstić information content (AvgIpc) is 2.19. The van der Waals surface area contributed by atoms with Crippen LogP contribution < -0.4 is 5.56 Å². The van der Waals surface area contributed by atoms with Crippen molar-refractivity contribution in [2.75, 3.05) is 0 Å². The van der Waals surface area contributed by atoms with Gasteiger partial charge in [-0.1, -0.05) is 0 Å². The van der Waals surface area contributed by atoms with Gasteiger partial charge in [0.15, 0.2) is 4.77 Å². The molecular formula is C9H6BrFN2OS. The van der Waals surface area contributed by atoms with Gasteiger partial charge in [0.05, 0.1) is 15.4 Å². The fraction of sp³-hybridized carbons (Fsp3) is 0.111. The molecule has 2 aromatic rings. The smallest absolute Gasteiger partial charge is 0.261 e. The zero-order valence-electron chi connectivity index (χ0n) is 7.67. The van der Waals surface area contributed by atoms with Gasteiger partial charge in [0.25, 0.3) is 5.56 Å². The molecule has 0 bridgehead atoms. The molecule has 0 saturated carbocycles. The molecule has 0 aliphatic carbocycles. The lowest BCUT2D eigenvalue weighted by Crippen LogP contribution is -2.18. The van der Waals surface area contributed by atoms with Gasteiger partial charge in [0, 0.05) is 7.05 Å². The third-order valence-electron chi connectivity index (χ3n) is 2.14. The van der Waals surface area contributed by atoms with Crippen molar-refractivity contribution in [3.63, 3.8) is 0 Å². The highest BCUT2D eigenvalue weighted by molar-refractivity contribution is 9.10. The summed E-state index contributed by atoms with van der Waals surface area (Å²) in [4.78, 5) is 14.5. The Hall–Kier alpha value is -1.01. The zero-order chi connectivity index (χ0) is 11.2. The summed E-state index contributed by atoms with van der Waals surface area (Å²) in [6.07, 6.45) is 0. The van der Waals surface area contributed by atoms with Crippen molar-refractivity contribution in [3.8, 4) is 0 Å². The van der Waals surface area contributed by atoms with Crippen LogP contribution in [0.25, 0.3) is 10.9 Å². The molecule has 0 aliphatic heterocycles. The molecule has 3 nitrogen and oxygen atoms in total. The number of halogens is 2. The van der Waals surface area contributed by atoms with Crippen LogP contribution in [0.3, 0.4) is 0 Å². The Balaban J connectivity index is 3.07. The monoisotopic (exact) mass is 288 g/mol. The minimum atomic E-state index is -0.429. The molecule has 78 valence electrons. The highest BCUT2D eigenvalue weighted by Crippen LogP contribution is 2.19. The van der Waals surface area contributed by atoms with Crippen LogP contribution in [0.4, 0.5) is 4.39 Å². The first-order valence-corrected chi connectivity index (χ1v) is 5.29. The van der Waals surface area contributed by atoms with E-state index in [1.807, 2.05) is 0 Å². The molecule has 0 radical (unpaired) electrons. The van der Waals surface area contributed by atoms with E-state index in [9.17, 15) is 9.18 Å². The summed E-state index contributed by atoms with van der Waals surface area (Å²) in [6.45, 7) is 0. The van der Waals surface area contributed by atoms with E-state index in [-0.39, 0.29) is 14.8 Å². The van der Waals surface area contributed by atoms with E-state index in [4.69, 9.17) is 12.2 Å². The van der Waals surface area contributed by atoms with Crippen molar-refractivity contribution in [2.24, 2.45) is 7.05 Å². The number of rotatable bonds is 0. The van der Waals surface area contributed by atoms with E-state index < -0.39 is 5.82 Å². The second-order valence-corrected chi connectivity index (χ2v) is 4.35. The van der Waals surface area contributed by atoms with Gasteiger partial charge in [-0.2, -0.15) is 0 Å². The fourth-order valence-electron chi connectivity index (χ4n) is 1.30. The van der Waals surface area contributed by atoms with E-state index in [1.54, 1.807) is 7.05 Å². The van der Waals surface area contributed by atoms with Crippen LogP contribution in [0, 0.1) is 10.6 Å². The number of aromatic amines is 1. The predicted octanol–water partition coefficient (Wildman–Crippen LogP) is 2.50. The summed E-state index contributed by atoms with van der Waals surface area (Å²) in [7, 11) is 1.57. The van der Waals surface area contributed by atoms with Crippen molar-refractivity contribution in [1.82, 2.24) is 9.55 Å². The van der Waals surface area contributed by atoms with E-state index >= 15 is 0 Å². The number of benzene rings is 1. The molecule has 0 amide bonds. The first-order valence-electron chi connectivity index (χ1n) is 4.09. The quantitative estimate of drug-likeness (QED) is 0.757.